The number of benzene rings is 1. The molecule has 0 aliphatic carbocycles. The lowest BCUT2D eigenvalue weighted by molar-refractivity contribution is -0.126. The summed E-state index contributed by atoms with van der Waals surface area (Å²) in [6, 6.07) is 8.41. The van der Waals surface area contributed by atoms with Gasteiger partial charge in [-0.2, -0.15) is 0 Å². The first-order valence-electron chi connectivity index (χ1n) is 4.78. The number of carbonyl (C=O) groups excluding carboxylic acids is 1. The fourth-order valence-corrected chi connectivity index (χ4v) is 2.01. The second kappa shape index (κ2) is 4.05. The van der Waals surface area contributed by atoms with E-state index in [0.29, 0.717) is 5.91 Å². The molecule has 0 bridgehead atoms. The standard InChI is InChI=1S/C6H4S.C5H9NO/c1-2-4-6-5(3-1)7-6;1-6-4-2-3-5(6)7/h1-4H;2-4H2,1H3. The van der Waals surface area contributed by atoms with Gasteiger partial charge in [0, 0.05) is 29.8 Å². The highest BCUT2D eigenvalue weighted by Gasteiger charge is 2.14. The van der Waals surface area contributed by atoms with Crippen LogP contribution in [0.3, 0.4) is 0 Å². The molecule has 2 aliphatic rings. The number of carbonyl (C=O) groups is 1. The van der Waals surface area contributed by atoms with Crippen molar-refractivity contribution in [3.63, 3.8) is 0 Å². The molecule has 0 atom stereocenters. The molecule has 14 heavy (non-hydrogen) atoms. The molecule has 0 aromatic heterocycles. The van der Waals surface area contributed by atoms with Crippen molar-refractivity contribution in [3.8, 4) is 0 Å². The van der Waals surface area contributed by atoms with E-state index in [1.165, 1.54) is 9.79 Å². The smallest absolute Gasteiger partial charge is 0.222 e. The Balaban J connectivity index is 0.000000107. The summed E-state index contributed by atoms with van der Waals surface area (Å²) in [4.78, 5) is 15.2. The predicted molar refractivity (Wildman–Crippen MR) is 57.4 cm³/mol. The average Bonchev–Trinajstić information content (AvgIpc) is 2.89. The molecule has 1 fully saturated rings. The fraction of sp³-hybridized carbons (Fsp3) is 0.364. The van der Waals surface area contributed by atoms with Crippen LogP contribution in [0.4, 0.5) is 0 Å². The number of amides is 1. The normalized spacial score (nSPS) is 17.2. The molecule has 0 radical (unpaired) electrons. The van der Waals surface area contributed by atoms with E-state index in [2.05, 4.69) is 24.3 Å². The third kappa shape index (κ3) is 2.29. The molecule has 0 spiro atoms. The average molecular weight is 207 g/mol. The van der Waals surface area contributed by atoms with Crippen LogP contribution in [0, 0.1) is 0 Å². The van der Waals surface area contributed by atoms with Crippen molar-refractivity contribution in [3.05, 3.63) is 24.3 Å². The van der Waals surface area contributed by atoms with Gasteiger partial charge in [0.1, 0.15) is 0 Å². The summed E-state index contributed by atoms with van der Waals surface area (Å²) < 4.78 is 0. The summed E-state index contributed by atoms with van der Waals surface area (Å²) in [6.07, 6.45) is 1.81. The Morgan fingerprint density at radius 3 is 2.21 bits per heavy atom. The van der Waals surface area contributed by atoms with E-state index in [1.54, 1.807) is 4.90 Å². The fourth-order valence-electron chi connectivity index (χ4n) is 1.39. The van der Waals surface area contributed by atoms with Gasteiger partial charge in [-0.3, -0.25) is 4.79 Å². The highest BCUT2D eigenvalue weighted by atomic mass is 32.2. The molecular formula is C11H13NOS. The van der Waals surface area contributed by atoms with Gasteiger partial charge < -0.3 is 4.90 Å². The monoisotopic (exact) mass is 207 g/mol. The quantitative estimate of drug-likeness (QED) is 0.618. The highest BCUT2D eigenvalue weighted by molar-refractivity contribution is 8.04. The summed E-state index contributed by atoms with van der Waals surface area (Å²) in [7, 11) is 1.84. The maximum absolute atomic E-state index is 10.5. The van der Waals surface area contributed by atoms with Crippen molar-refractivity contribution in [1.82, 2.24) is 4.90 Å². The number of nitrogens with zero attached hydrogens (tertiary/aromatic N) is 1. The zero-order valence-electron chi connectivity index (χ0n) is 8.19. The van der Waals surface area contributed by atoms with Crippen LogP contribution < -0.4 is 0 Å². The van der Waals surface area contributed by atoms with Gasteiger partial charge in [-0.25, -0.2) is 0 Å². The summed E-state index contributed by atoms with van der Waals surface area (Å²) in [5.74, 6) is 0.292. The van der Waals surface area contributed by atoms with E-state index in [1.807, 2.05) is 18.8 Å². The Labute approximate surface area is 88.3 Å². The Morgan fingerprint density at radius 2 is 1.93 bits per heavy atom. The van der Waals surface area contributed by atoms with Crippen LogP contribution in [-0.2, 0) is 4.79 Å². The molecule has 0 saturated carbocycles. The van der Waals surface area contributed by atoms with Crippen LogP contribution in [0.1, 0.15) is 12.8 Å². The van der Waals surface area contributed by atoms with E-state index in [0.717, 1.165) is 19.4 Å². The second-order valence-electron chi connectivity index (χ2n) is 3.47. The second-order valence-corrected chi connectivity index (χ2v) is 4.55. The summed E-state index contributed by atoms with van der Waals surface area (Å²) in [6.45, 7) is 0.957. The Kier molecular flexibility index (Phi) is 2.77. The Bertz CT molecular complexity index is 330. The van der Waals surface area contributed by atoms with Crippen LogP contribution in [0.2, 0.25) is 0 Å². The first-order valence-corrected chi connectivity index (χ1v) is 5.60. The van der Waals surface area contributed by atoms with Crippen molar-refractivity contribution in [2.75, 3.05) is 13.6 Å². The van der Waals surface area contributed by atoms with Crippen molar-refractivity contribution < 1.29 is 4.79 Å². The van der Waals surface area contributed by atoms with E-state index in [4.69, 9.17) is 0 Å². The van der Waals surface area contributed by atoms with Gasteiger partial charge in [0.15, 0.2) is 0 Å². The SMILES string of the molecule is CN1CCCC1=O.c1ccc2c(c1)S2. The molecule has 0 unspecified atom stereocenters. The van der Waals surface area contributed by atoms with Crippen LogP contribution in [0.25, 0.3) is 0 Å². The van der Waals surface area contributed by atoms with Crippen LogP contribution >= 0.6 is 11.8 Å². The van der Waals surface area contributed by atoms with Gasteiger partial charge >= 0.3 is 0 Å². The molecular weight excluding hydrogens is 194 g/mol. The van der Waals surface area contributed by atoms with Crippen molar-refractivity contribution >= 4 is 17.7 Å². The summed E-state index contributed by atoms with van der Waals surface area (Å²) >= 11 is 1.86. The number of hydrogen-bond donors (Lipinski definition) is 0. The molecule has 2 nitrogen and oxygen atoms in total. The largest absolute Gasteiger partial charge is 0.346 e. The molecule has 0 N–H and O–H groups in total. The molecule has 3 heteroatoms. The van der Waals surface area contributed by atoms with Crippen LogP contribution in [0.5, 0.6) is 0 Å². The zero-order valence-corrected chi connectivity index (χ0v) is 9.01. The molecule has 1 amide bonds. The highest BCUT2D eigenvalue weighted by Crippen LogP contribution is 2.47. The third-order valence-corrected chi connectivity index (χ3v) is 3.29. The van der Waals surface area contributed by atoms with Gasteiger partial charge in [0.25, 0.3) is 0 Å². The van der Waals surface area contributed by atoms with Gasteiger partial charge in [-0.05, 0) is 18.6 Å². The van der Waals surface area contributed by atoms with Gasteiger partial charge in [0.05, 0.1) is 0 Å². The molecule has 1 saturated heterocycles. The van der Waals surface area contributed by atoms with E-state index in [9.17, 15) is 4.79 Å². The molecule has 2 heterocycles. The molecule has 2 aliphatic heterocycles. The Hall–Kier alpha value is -0.960. The molecule has 1 aromatic rings. The number of rotatable bonds is 0. The molecule has 1 aromatic carbocycles. The van der Waals surface area contributed by atoms with Crippen LogP contribution in [-0.4, -0.2) is 24.4 Å². The van der Waals surface area contributed by atoms with Crippen molar-refractivity contribution in [1.29, 1.82) is 0 Å². The number of likely N-dealkylation sites (tertiary alicyclic amines) is 1. The lowest BCUT2D eigenvalue weighted by Crippen LogP contribution is -2.17. The summed E-state index contributed by atoms with van der Waals surface area (Å²) in [5.41, 5.74) is 0. The van der Waals surface area contributed by atoms with Gasteiger partial charge in [0.2, 0.25) is 5.91 Å². The van der Waals surface area contributed by atoms with Crippen LogP contribution in [0.15, 0.2) is 34.1 Å². The maximum Gasteiger partial charge on any atom is 0.222 e. The summed E-state index contributed by atoms with van der Waals surface area (Å²) in [5, 5.41) is 0. The Morgan fingerprint density at radius 1 is 1.29 bits per heavy atom. The van der Waals surface area contributed by atoms with Crippen molar-refractivity contribution in [2.45, 2.75) is 22.6 Å². The van der Waals surface area contributed by atoms with E-state index in [-0.39, 0.29) is 0 Å². The predicted octanol–water partition coefficient (Wildman–Crippen LogP) is 2.39. The molecule has 74 valence electrons. The topological polar surface area (TPSA) is 20.3 Å². The first-order chi connectivity index (χ1) is 6.77. The first kappa shape index (κ1) is 9.59. The molecule has 3 rings (SSSR count). The minimum atomic E-state index is 0.292. The van der Waals surface area contributed by atoms with Gasteiger partial charge in [-0.15, -0.1) is 0 Å². The minimum Gasteiger partial charge on any atom is -0.346 e. The third-order valence-electron chi connectivity index (χ3n) is 2.34. The van der Waals surface area contributed by atoms with Gasteiger partial charge in [-0.1, -0.05) is 23.9 Å². The zero-order chi connectivity index (χ0) is 9.97. The number of hydrogen-bond acceptors (Lipinski definition) is 2. The minimum absolute atomic E-state index is 0.292. The number of fused-ring (bicyclic) bond motifs is 1. The van der Waals surface area contributed by atoms with E-state index < -0.39 is 0 Å². The maximum atomic E-state index is 10.5. The lowest BCUT2D eigenvalue weighted by atomic mass is 10.4. The van der Waals surface area contributed by atoms with E-state index >= 15 is 0 Å². The lowest BCUT2D eigenvalue weighted by Gasteiger charge is -2.03. The van der Waals surface area contributed by atoms with Crippen molar-refractivity contribution in [2.24, 2.45) is 0 Å².